The molecule has 4 nitrogen and oxygen atoms in total. The van der Waals surface area contributed by atoms with Crippen molar-refractivity contribution in [2.75, 3.05) is 19.0 Å². The zero-order valence-corrected chi connectivity index (χ0v) is 14.2. The summed E-state index contributed by atoms with van der Waals surface area (Å²) in [5.74, 6) is 1.94. The Morgan fingerprint density at radius 3 is 2.79 bits per heavy atom. The van der Waals surface area contributed by atoms with Gasteiger partial charge in [0.05, 0.1) is 23.5 Å². The number of hydrogen-bond acceptors (Lipinski definition) is 3. The number of ether oxygens (including phenoxy) is 1. The average Bonchev–Trinajstić information content (AvgIpc) is 3.20. The fourth-order valence-corrected chi connectivity index (χ4v) is 3.43. The smallest absolute Gasteiger partial charge is 0.133 e. The molecule has 4 rings (SSSR count). The normalized spacial score (nSPS) is 12.8. The van der Waals surface area contributed by atoms with Gasteiger partial charge in [-0.2, -0.15) is 5.10 Å². The third-order valence-corrected chi connectivity index (χ3v) is 4.68. The van der Waals surface area contributed by atoms with Gasteiger partial charge in [-0.15, -0.1) is 0 Å². The Balaban J connectivity index is 1.78. The SMILES string of the molecule is COc1ccccc1Cc1nn(-c2ccccc2Cl)c2c1CCN2. The predicted molar refractivity (Wildman–Crippen MR) is 96.6 cm³/mol. The lowest BCUT2D eigenvalue weighted by Crippen LogP contribution is -2.05. The van der Waals surface area contributed by atoms with Gasteiger partial charge < -0.3 is 10.1 Å². The fourth-order valence-electron chi connectivity index (χ4n) is 3.22. The Labute approximate surface area is 146 Å². The standard InChI is InChI=1S/C19H18ClN3O/c1-24-18-9-5-2-6-13(18)12-16-14-10-11-21-19(14)23(22-16)17-8-4-3-7-15(17)20/h2-9,21H,10-12H2,1H3. The van der Waals surface area contributed by atoms with Crippen molar-refractivity contribution in [1.29, 1.82) is 0 Å². The van der Waals surface area contributed by atoms with Gasteiger partial charge in [0.2, 0.25) is 0 Å². The fraction of sp³-hybridized carbons (Fsp3) is 0.211. The number of fused-ring (bicyclic) bond motifs is 1. The number of nitrogens with one attached hydrogen (secondary N) is 1. The third-order valence-electron chi connectivity index (χ3n) is 4.37. The van der Waals surface area contributed by atoms with Gasteiger partial charge in [-0.3, -0.25) is 0 Å². The molecular weight excluding hydrogens is 322 g/mol. The molecule has 2 heterocycles. The summed E-state index contributed by atoms with van der Waals surface area (Å²) in [7, 11) is 1.70. The van der Waals surface area contributed by atoms with Gasteiger partial charge in [0.1, 0.15) is 11.6 Å². The van der Waals surface area contributed by atoms with E-state index in [4.69, 9.17) is 21.4 Å². The molecule has 1 N–H and O–H groups in total. The molecule has 0 radical (unpaired) electrons. The molecule has 3 aromatic rings. The van der Waals surface area contributed by atoms with Gasteiger partial charge in [0.25, 0.3) is 0 Å². The molecule has 24 heavy (non-hydrogen) atoms. The summed E-state index contributed by atoms with van der Waals surface area (Å²) in [6.07, 6.45) is 1.72. The number of benzene rings is 2. The van der Waals surface area contributed by atoms with Crippen LogP contribution in [0.15, 0.2) is 48.5 Å². The first-order valence-corrected chi connectivity index (χ1v) is 8.37. The Bertz CT molecular complexity index is 888. The van der Waals surface area contributed by atoms with E-state index >= 15 is 0 Å². The van der Waals surface area contributed by atoms with E-state index in [-0.39, 0.29) is 0 Å². The molecular formula is C19H18ClN3O. The second kappa shape index (κ2) is 6.21. The Kier molecular flexibility index (Phi) is 3.90. The monoisotopic (exact) mass is 339 g/mol. The highest BCUT2D eigenvalue weighted by Crippen LogP contribution is 2.33. The van der Waals surface area contributed by atoms with E-state index in [1.807, 2.05) is 47.1 Å². The van der Waals surface area contributed by atoms with Gasteiger partial charge in [0.15, 0.2) is 0 Å². The number of anilines is 1. The first-order chi connectivity index (χ1) is 11.8. The van der Waals surface area contributed by atoms with Crippen molar-refractivity contribution < 1.29 is 4.74 Å². The number of hydrogen-bond donors (Lipinski definition) is 1. The summed E-state index contributed by atoms with van der Waals surface area (Å²) >= 11 is 6.37. The number of methoxy groups -OCH3 is 1. The Morgan fingerprint density at radius 2 is 1.96 bits per heavy atom. The average molecular weight is 340 g/mol. The van der Waals surface area contributed by atoms with Crippen LogP contribution in [0.1, 0.15) is 16.8 Å². The van der Waals surface area contributed by atoms with Crippen LogP contribution in [0.2, 0.25) is 5.02 Å². The van der Waals surface area contributed by atoms with Gasteiger partial charge >= 0.3 is 0 Å². The third kappa shape index (κ3) is 2.53. The van der Waals surface area contributed by atoms with Crippen LogP contribution in [0.5, 0.6) is 5.75 Å². The van der Waals surface area contributed by atoms with Gasteiger partial charge in [-0.25, -0.2) is 4.68 Å². The molecule has 5 heteroatoms. The van der Waals surface area contributed by atoms with Crippen molar-refractivity contribution in [2.45, 2.75) is 12.8 Å². The van der Waals surface area contributed by atoms with Crippen LogP contribution in [0.25, 0.3) is 5.69 Å². The minimum Gasteiger partial charge on any atom is -0.496 e. The van der Waals surface area contributed by atoms with Crippen molar-refractivity contribution in [3.05, 3.63) is 70.4 Å². The molecule has 0 aliphatic carbocycles. The van der Waals surface area contributed by atoms with Gasteiger partial charge in [-0.05, 0) is 24.6 Å². The van der Waals surface area contributed by atoms with Crippen molar-refractivity contribution in [3.8, 4) is 11.4 Å². The first-order valence-electron chi connectivity index (χ1n) is 7.99. The molecule has 0 spiro atoms. The number of halogens is 1. The van der Waals surface area contributed by atoms with E-state index in [1.54, 1.807) is 7.11 Å². The molecule has 2 aromatic carbocycles. The van der Waals surface area contributed by atoms with Crippen LogP contribution in [0.3, 0.4) is 0 Å². The van der Waals surface area contributed by atoms with E-state index in [0.717, 1.165) is 47.9 Å². The molecule has 122 valence electrons. The number of para-hydroxylation sites is 2. The maximum absolute atomic E-state index is 6.37. The predicted octanol–water partition coefficient (Wildman–Crippen LogP) is 4.09. The Hall–Kier alpha value is -2.46. The maximum Gasteiger partial charge on any atom is 0.133 e. The number of rotatable bonds is 4. The molecule has 0 atom stereocenters. The highest BCUT2D eigenvalue weighted by Gasteiger charge is 2.24. The molecule has 0 saturated carbocycles. The van der Waals surface area contributed by atoms with Crippen molar-refractivity contribution in [2.24, 2.45) is 0 Å². The molecule has 0 fully saturated rings. The molecule has 0 saturated heterocycles. The minimum absolute atomic E-state index is 0.695. The number of aromatic nitrogens is 2. The molecule has 1 aromatic heterocycles. The largest absolute Gasteiger partial charge is 0.496 e. The summed E-state index contributed by atoms with van der Waals surface area (Å²) in [5.41, 5.74) is 4.37. The molecule has 1 aliphatic rings. The first kappa shape index (κ1) is 15.1. The quantitative estimate of drug-likeness (QED) is 0.778. The second-order valence-electron chi connectivity index (χ2n) is 5.80. The maximum atomic E-state index is 6.37. The van der Waals surface area contributed by atoms with Crippen LogP contribution in [-0.4, -0.2) is 23.4 Å². The zero-order chi connectivity index (χ0) is 16.5. The molecule has 0 bridgehead atoms. The van der Waals surface area contributed by atoms with Gasteiger partial charge in [0, 0.05) is 24.1 Å². The summed E-state index contributed by atoms with van der Waals surface area (Å²) in [6, 6.07) is 15.9. The number of nitrogens with zero attached hydrogens (tertiary/aromatic N) is 2. The van der Waals surface area contributed by atoms with E-state index in [2.05, 4.69) is 11.4 Å². The van der Waals surface area contributed by atoms with Crippen molar-refractivity contribution >= 4 is 17.4 Å². The topological polar surface area (TPSA) is 39.1 Å². The highest BCUT2D eigenvalue weighted by molar-refractivity contribution is 6.32. The summed E-state index contributed by atoms with van der Waals surface area (Å²) in [4.78, 5) is 0. The van der Waals surface area contributed by atoms with Crippen LogP contribution < -0.4 is 10.1 Å². The highest BCUT2D eigenvalue weighted by atomic mass is 35.5. The molecule has 0 unspecified atom stereocenters. The lowest BCUT2D eigenvalue weighted by molar-refractivity contribution is 0.410. The zero-order valence-electron chi connectivity index (χ0n) is 13.4. The van der Waals surface area contributed by atoms with Crippen LogP contribution >= 0.6 is 11.6 Å². The lowest BCUT2D eigenvalue weighted by Gasteiger charge is -2.08. The second-order valence-corrected chi connectivity index (χ2v) is 6.21. The van der Waals surface area contributed by atoms with E-state index < -0.39 is 0 Å². The van der Waals surface area contributed by atoms with Gasteiger partial charge in [-0.1, -0.05) is 41.9 Å². The van der Waals surface area contributed by atoms with Crippen LogP contribution in [-0.2, 0) is 12.8 Å². The minimum atomic E-state index is 0.695. The van der Waals surface area contributed by atoms with E-state index in [1.165, 1.54) is 5.56 Å². The molecule has 1 aliphatic heterocycles. The van der Waals surface area contributed by atoms with E-state index in [9.17, 15) is 0 Å². The van der Waals surface area contributed by atoms with E-state index in [0.29, 0.717) is 5.02 Å². The van der Waals surface area contributed by atoms with Crippen molar-refractivity contribution in [1.82, 2.24) is 9.78 Å². The Morgan fingerprint density at radius 1 is 1.17 bits per heavy atom. The summed E-state index contributed by atoms with van der Waals surface area (Å²) in [5, 5.41) is 8.98. The summed E-state index contributed by atoms with van der Waals surface area (Å²) in [6.45, 7) is 0.927. The lowest BCUT2D eigenvalue weighted by atomic mass is 10.0. The summed E-state index contributed by atoms with van der Waals surface area (Å²) < 4.78 is 7.40. The van der Waals surface area contributed by atoms with Crippen molar-refractivity contribution in [3.63, 3.8) is 0 Å². The van der Waals surface area contributed by atoms with Crippen LogP contribution in [0, 0.1) is 0 Å². The van der Waals surface area contributed by atoms with Crippen LogP contribution in [0.4, 0.5) is 5.82 Å². The molecule has 0 amide bonds.